The van der Waals surface area contributed by atoms with Crippen LogP contribution in [0.2, 0.25) is 0 Å². The molecule has 144 valence electrons. The van der Waals surface area contributed by atoms with Crippen molar-refractivity contribution in [2.75, 3.05) is 19.4 Å². The maximum absolute atomic E-state index is 12.1. The minimum absolute atomic E-state index is 0.150. The molecule has 0 fully saturated rings. The zero-order valence-electron chi connectivity index (χ0n) is 15.3. The lowest BCUT2D eigenvalue weighted by molar-refractivity contribution is -0.117. The number of anilines is 1. The topological polar surface area (TPSA) is 110 Å². The highest BCUT2D eigenvalue weighted by atomic mass is 32.2. The Morgan fingerprint density at radius 1 is 0.963 bits per heavy atom. The molecular formula is C19H23N3O4S. The number of aryl methyl sites for hydroxylation is 1. The second-order valence-electron chi connectivity index (χ2n) is 6.32. The number of rotatable bonds is 8. The summed E-state index contributed by atoms with van der Waals surface area (Å²) < 4.78 is 25.2. The molecule has 0 aliphatic carbocycles. The van der Waals surface area contributed by atoms with Crippen LogP contribution < -0.4 is 11.1 Å². The summed E-state index contributed by atoms with van der Waals surface area (Å²) in [7, 11) is -0.491. The number of benzene rings is 2. The van der Waals surface area contributed by atoms with Gasteiger partial charge in [0, 0.05) is 26.2 Å². The van der Waals surface area contributed by atoms with E-state index in [-0.39, 0.29) is 23.6 Å². The van der Waals surface area contributed by atoms with Gasteiger partial charge in [0.25, 0.3) is 0 Å². The van der Waals surface area contributed by atoms with Gasteiger partial charge in [-0.05, 0) is 41.8 Å². The fourth-order valence-electron chi connectivity index (χ4n) is 2.43. The highest BCUT2D eigenvalue weighted by Crippen LogP contribution is 2.15. The van der Waals surface area contributed by atoms with Gasteiger partial charge in [-0.3, -0.25) is 9.59 Å². The number of sulfonamides is 1. The van der Waals surface area contributed by atoms with Gasteiger partial charge in [-0.25, -0.2) is 12.7 Å². The molecule has 0 aliphatic rings. The summed E-state index contributed by atoms with van der Waals surface area (Å²) in [5, 5.41) is 2.79. The highest BCUT2D eigenvalue weighted by Gasteiger charge is 2.16. The van der Waals surface area contributed by atoms with Crippen molar-refractivity contribution in [1.29, 1.82) is 0 Å². The Labute approximate surface area is 159 Å². The van der Waals surface area contributed by atoms with E-state index >= 15 is 0 Å². The molecule has 0 aromatic heterocycles. The molecule has 2 amide bonds. The van der Waals surface area contributed by atoms with E-state index in [4.69, 9.17) is 5.73 Å². The van der Waals surface area contributed by atoms with Crippen LogP contribution in [0.25, 0.3) is 0 Å². The summed E-state index contributed by atoms with van der Waals surface area (Å²) >= 11 is 0. The van der Waals surface area contributed by atoms with E-state index in [2.05, 4.69) is 5.32 Å². The molecule has 2 rings (SSSR count). The Morgan fingerprint density at radius 2 is 1.52 bits per heavy atom. The fraction of sp³-hybridized carbons (Fsp3) is 0.263. The molecule has 0 bridgehead atoms. The predicted molar refractivity (Wildman–Crippen MR) is 104 cm³/mol. The Hall–Kier alpha value is -2.71. The Morgan fingerprint density at radius 3 is 2.04 bits per heavy atom. The van der Waals surface area contributed by atoms with Crippen molar-refractivity contribution in [2.24, 2.45) is 5.73 Å². The first-order valence-electron chi connectivity index (χ1n) is 8.37. The first kappa shape index (κ1) is 20.6. The van der Waals surface area contributed by atoms with Gasteiger partial charge < -0.3 is 11.1 Å². The third kappa shape index (κ3) is 5.90. The van der Waals surface area contributed by atoms with Crippen LogP contribution in [0.4, 0.5) is 5.69 Å². The first-order valence-corrected chi connectivity index (χ1v) is 9.81. The average Bonchev–Trinajstić information content (AvgIpc) is 2.61. The Bertz CT molecular complexity index is 905. The van der Waals surface area contributed by atoms with Crippen LogP contribution >= 0.6 is 0 Å². The van der Waals surface area contributed by atoms with Crippen molar-refractivity contribution < 1.29 is 18.0 Å². The van der Waals surface area contributed by atoms with E-state index in [1.54, 1.807) is 48.5 Å². The molecule has 0 atom stereocenters. The maximum atomic E-state index is 12.1. The smallest absolute Gasteiger partial charge is 0.242 e. The van der Waals surface area contributed by atoms with Gasteiger partial charge in [0.15, 0.2) is 0 Å². The number of amides is 2. The standard InChI is InChI=1S/C19H23N3O4S/c1-22(2)27(25,26)17-10-5-14(6-11-17)7-12-19(24)21-16-8-3-15(4-9-16)13-18(20)23/h3-6,8-11H,7,12-13H2,1-2H3,(H2,20,23)(H,21,24). The van der Waals surface area contributed by atoms with Crippen LogP contribution in [0, 0.1) is 0 Å². The van der Waals surface area contributed by atoms with Crippen molar-refractivity contribution in [1.82, 2.24) is 4.31 Å². The minimum Gasteiger partial charge on any atom is -0.369 e. The second-order valence-corrected chi connectivity index (χ2v) is 8.47. The SMILES string of the molecule is CN(C)S(=O)(=O)c1ccc(CCC(=O)Nc2ccc(CC(N)=O)cc2)cc1. The monoisotopic (exact) mass is 389 g/mol. The van der Waals surface area contributed by atoms with E-state index in [0.717, 1.165) is 15.4 Å². The van der Waals surface area contributed by atoms with Crippen molar-refractivity contribution in [3.8, 4) is 0 Å². The number of nitrogens with one attached hydrogen (secondary N) is 1. The van der Waals surface area contributed by atoms with Gasteiger partial charge >= 0.3 is 0 Å². The molecule has 0 aliphatic heterocycles. The van der Waals surface area contributed by atoms with Gasteiger partial charge in [0.2, 0.25) is 21.8 Å². The number of hydrogen-bond acceptors (Lipinski definition) is 4. The van der Waals surface area contributed by atoms with Gasteiger partial charge in [0.1, 0.15) is 0 Å². The van der Waals surface area contributed by atoms with E-state index in [1.807, 2.05) is 0 Å². The third-order valence-corrected chi connectivity index (χ3v) is 5.79. The first-order chi connectivity index (χ1) is 12.7. The quantitative estimate of drug-likeness (QED) is 0.713. The number of nitrogens with zero attached hydrogens (tertiary/aromatic N) is 1. The lowest BCUT2D eigenvalue weighted by Crippen LogP contribution is -2.22. The molecule has 0 radical (unpaired) electrons. The number of nitrogens with two attached hydrogens (primary N) is 1. The predicted octanol–water partition coefficient (Wildman–Crippen LogP) is 1.54. The molecule has 0 saturated carbocycles. The number of hydrogen-bond donors (Lipinski definition) is 2. The van der Waals surface area contributed by atoms with E-state index < -0.39 is 15.9 Å². The van der Waals surface area contributed by atoms with Gasteiger partial charge in [0.05, 0.1) is 11.3 Å². The fourth-order valence-corrected chi connectivity index (χ4v) is 3.33. The summed E-state index contributed by atoms with van der Waals surface area (Å²) in [6, 6.07) is 13.4. The summed E-state index contributed by atoms with van der Waals surface area (Å²) in [5.74, 6) is -0.557. The maximum Gasteiger partial charge on any atom is 0.242 e. The molecule has 2 aromatic carbocycles. The third-order valence-electron chi connectivity index (χ3n) is 3.96. The molecule has 27 heavy (non-hydrogen) atoms. The summed E-state index contributed by atoms with van der Waals surface area (Å²) in [4.78, 5) is 23.2. The second kappa shape index (κ2) is 8.79. The molecule has 3 N–H and O–H groups in total. The van der Waals surface area contributed by atoms with Crippen molar-refractivity contribution >= 4 is 27.5 Å². The molecule has 0 unspecified atom stereocenters. The van der Waals surface area contributed by atoms with Crippen molar-refractivity contribution in [3.05, 3.63) is 59.7 Å². The van der Waals surface area contributed by atoms with Gasteiger partial charge in [-0.15, -0.1) is 0 Å². The van der Waals surface area contributed by atoms with Crippen LogP contribution in [0.15, 0.2) is 53.4 Å². The lowest BCUT2D eigenvalue weighted by atomic mass is 10.1. The van der Waals surface area contributed by atoms with Gasteiger partial charge in [-0.2, -0.15) is 0 Å². The van der Waals surface area contributed by atoms with Crippen LogP contribution in [0.1, 0.15) is 17.5 Å². The van der Waals surface area contributed by atoms with E-state index in [9.17, 15) is 18.0 Å². The van der Waals surface area contributed by atoms with Crippen LogP contribution in [0.5, 0.6) is 0 Å². The van der Waals surface area contributed by atoms with Crippen LogP contribution in [-0.2, 0) is 32.5 Å². The summed E-state index contributed by atoms with van der Waals surface area (Å²) in [6.45, 7) is 0. The largest absolute Gasteiger partial charge is 0.369 e. The molecule has 0 spiro atoms. The summed E-state index contributed by atoms with van der Waals surface area (Å²) in [5.41, 5.74) is 7.44. The number of carbonyl (C=O) groups excluding carboxylic acids is 2. The normalized spacial score (nSPS) is 11.4. The zero-order chi connectivity index (χ0) is 20.0. The van der Waals surface area contributed by atoms with Crippen molar-refractivity contribution in [3.63, 3.8) is 0 Å². The van der Waals surface area contributed by atoms with Crippen molar-refractivity contribution in [2.45, 2.75) is 24.2 Å². The highest BCUT2D eigenvalue weighted by molar-refractivity contribution is 7.89. The van der Waals surface area contributed by atoms with Gasteiger partial charge in [-0.1, -0.05) is 24.3 Å². The Kier molecular flexibility index (Phi) is 6.70. The molecule has 0 heterocycles. The number of carbonyl (C=O) groups is 2. The number of primary amides is 1. The zero-order valence-corrected chi connectivity index (χ0v) is 16.1. The Balaban J connectivity index is 1.89. The summed E-state index contributed by atoms with van der Waals surface area (Å²) in [6.07, 6.45) is 0.921. The molecule has 2 aromatic rings. The average molecular weight is 389 g/mol. The molecule has 7 nitrogen and oxygen atoms in total. The minimum atomic E-state index is -3.45. The molecular weight excluding hydrogens is 366 g/mol. The van der Waals surface area contributed by atoms with E-state index in [0.29, 0.717) is 12.1 Å². The van der Waals surface area contributed by atoms with E-state index in [1.165, 1.54) is 14.1 Å². The van der Waals surface area contributed by atoms with Crippen LogP contribution in [-0.4, -0.2) is 38.6 Å². The lowest BCUT2D eigenvalue weighted by Gasteiger charge is -2.11. The van der Waals surface area contributed by atoms with Crippen LogP contribution in [0.3, 0.4) is 0 Å². The molecule has 8 heteroatoms. The molecule has 0 saturated heterocycles.